The molecule has 4 rings (SSSR count). The number of carbonyl (C=O) groups excluding carboxylic acids is 1. The van der Waals surface area contributed by atoms with E-state index >= 15 is 0 Å². The number of hydrogen-bond acceptors (Lipinski definition) is 3. The number of carbonyl (C=O) groups is 1. The Morgan fingerprint density at radius 2 is 2.08 bits per heavy atom. The van der Waals surface area contributed by atoms with Gasteiger partial charge in [-0.15, -0.1) is 0 Å². The van der Waals surface area contributed by atoms with Crippen molar-refractivity contribution in [2.75, 3.05) is 13.1 Å². The number of esters is 1. The van der Waals surface area contributed by atoms with Crippen molar-refractivity contribution in [1.82, 2.24) is 4.90 Å². The van der Waals surface area contributed by atoms with Gasteiger partial charge in [-0.3, -0.25) is 4.90 Å². The van der Waals surface area contributed by atoms with Crippen molar-refractivity contribution in [3.8, 4) is 11.8 Å². The first kappa shape index (κ1) is 17.1. The first-order valence-electron chi connectivity index (χ1n) is 9.30. The van der Waals surface area contributed by atoms with E-state index in [-0.39, 0.29) is 17.8 Å². The van der Waals surface area contributed by atoms with Gasteiger partial charge in [0.15, 0.2) is 5.60 Å². The number of rotatable bonds is 1. The summed E-state index contributed by atoms with van der Waals surface area (Å²) < 4.78 is 19.0. The lowest BCUT2D eigenvalue weighted by atomic mass is 9.78. The maximum Gasteiger partial charge on any atom is 0.332 e. The van der Waals surface area contributed by atoms with E-state index in [2.05, 4.69) is 29.7 Å². The molecular weight excluding hydrogens is 329 g/mol. The third kappa shape index (κ3) is 2.87. The van der Waals surface area contributed by atoms with E-state index in [1.165, 1.54) is 18.6 Å². The van der Waals surface area contributed by atoms with Gasteiger partial charge < -0.3 is 4.74 Å². The summed E-state index contributed by atoms with van der Waals surface area (Å²) in [7, 11) is 0. The molecule has 0 aliphatic carbocycles. The summed E-state index contributed by atoms with van der Waals surface area (Å²) in [5.41, 5.74) is 1.92. The highest BCUT2D eigenvalue weighted by Gasteiger charge is 2.52. The van der Waals surface area contributed by atoms with Gasteiger partial charge in [0.2, 0.25) is 0 Å². The van der Waals surface area contributed by atoms with E-state index in [4.69, 9.17) is 4.74 Å². The molecule has 1 aromatic rings. The molecule has 0 aromatic heterocycles. The van der Waals surface area contributed by atoms with Crippen LogP contribution in [0.3, 0.4) is 0 Å². The highest BCUT2D eigenvalue weighted by molar-refractivity contribution is 5.89. The molecule has 26 heavy (non-hydrogen) atoms. The molecular formula is C22H22FNO2. The lowest BCUT2D eigenvalue weighted by Gasteiger charge is -2.44. The molecule has 0 spiro atoms. The van der Waals surface area contributed by atoms with Gasteiger partial charge in [0.1, 0.15) is 5.82 Å². The first-order valence-corrected chi connectivity index (χ1v) is 9.30. The Bertz CT molecular complexity index is 843. The van der Waals surface area contributed by atoms with Gasteiger partial charge in [-0.25, -0.2) is 9.18 Å². The number of nitrogens with zero attached hydrogens (tertiary/aromatic N) is 1. The molecule has 1 aromatic carbocycles. The standard InChI is InChI=1S/C22H22FNO2/c1-2-22-19(15-21(25)26-22)17(9-6-16-7-10-18(23)11-8-16)12-14-24-13-4-3-5-20(22)24/h7-8,10-12,15,20H,2-5,13-14H2,1H3/t20?,22-/m0/s1. The summed E-state index contributed by atoms with van der Waals surface area (Å²) in [6.45, 7) is 3.91. The average molecular weight is 351 g/mol. The molecule has 4 heteroatoms. The number of hydrogen-bond donors (Lipinski definition) is 0. The molecule has 0 saturated carbocycles. The fourth-order valence-electron chi connectivity index (χ4n) is 4.40. The Balaban J connectivity index is 1.75. The van der Waals surface area contributed by atoms with Crippen LogP contribution in [0.25, 0.3) is 0 Å². The van der Waals surface area contributed by atoms with Crippen LogP contribution in [0.5, 0.6) is 0 Å². The highest BCUT2D eigenvalue weighted by Crippen LogP contribution is 2.45. The maximum absolute atomic E-state index is 13.1. The third-order valence-electron chi connectivity index (χ3n) is 5.68. The SMILES string of the molecule is CC[C@]12OC(=O)C=C1C(C#Cc1ccc(F)cc1)=CCN1CCCCC12. The Morgan fingerprint density at radius 1 is 1.27 bits per heavy atom. The summed E-state index contributed by atoms with van der Waals surface area (Å²) in [5.74, 6) is 5.78. The van der Waals surface area contributed by atoms with E-state index in [1.54, 1.807) is 18.2 Å². The zero-order valence-corrected chi connectivity index (χ0v) is 14.9. The van der Waals surface area contributed by atoms with Crippen LogP contribution in [0.15, 0.2) is 47.6 Å². The molecule has 3 aliphatic heterocycles. The number of piperidine rings is 1. The minimum atomic E-state index is -0.600. The molecule has 1 saturated heterocycles. The molecule has 3 nitrogen and oxygen atoms in total. The van der Waals surface area contributed by atoms with Crippen molar-refractivity contribution in [2.24, 2.45) is 0 Å². The number of benzene rings is 1. The van der Waals surface area contributed by atoms with Gasteiger partial charge in [0, 0.05) is 29.3 Å². The molecule has 2 atom stereocenters. The van der Waals surface area contributed by atoms with Gasteiger partial charge in [0.25, 0.3) is 0 Å². The van der Waals surface area contributed by atoms with Crippen molar-refractivity contribution in [3.63, 3.8) is 0 Å². The minimum absolute atomic E-state index is 0.209. The van der Waals surface area contributed by atoms with Crippen molar-refractivity contribution < 1.29 is 13.9 Å². The van der Waals surface area contributed by atoms with Gasteiger partial charge in [-0.2, -0.15) is 0 Å². The molecule has 0 bridgehead atoms. The summed E-state index contributed by atoms with van der Waals surface area (Å²) in [6, 6.07) is 6.36. The van der Waals surface area contributed by atoms with Crippen LogP contribution in [-0.2, 0) is 9.53 Å². The predicted molar refractivity (Wildman–Crippen MR) is 97.8 cm³/mol. The van der Waals surface area contributed by atoms with Crippen molar-refractivity contribution in [2.45, 2.75) is 44.2 Å². The fraction of sp³-hybridized carbons (Fsp3) is 0.409. The molecule has 0 N–H and O–H groups in total. The van der Waals surface area contributed by atoms with Crippen LogP contribution in [0.4, 0.5) is 4.39 Å². The van der Waals surface area contributed by atoms with E-state index in [0.29, 0.717) is 0 Å². The second kappa shape index (κ2) is 6.74. The summed E-state index contributed by atoms with van der Waals surface area (Å²) in [5, 5.41) is 0. The van der Waals surface area contributed by atoms with Gasteiger partial charge in [0.05, 0.1) is 6.04 Å². The average Bonchev–Trinajstić information content (AvgIpc) is 2.95. The zero-order chi connectivity index (χ0) is 18.1. The monoisotopic (exact) mass is 351 g/mol. The van der Waals surface area contributed by atoms with Crippen molar-refractivity contribution in [1.29, 1.82) is 0 Å². The molecule has 0 amide bonds. The third-order valence-corrected chi connectivity index (χ3v) is 5.68. The van der Waals surface area contributed by atoms with Crippen LogP contribution in [0, 0.1) is 17.7 Å². The van der Waals surface area contributed by atoms with Crippen molar-refractivity contribution in [3.05, 3.63) is 58.9 Å². The molecule has 3 aliphatic rings. The first-order chi connectivity index (χ1) is 12.6. The molecule has 1 unspecified atom stereocenters. The van der Waals surface area contributed by atoms with Crippen LogP contribution in [0.1, 0.15) is 38.2 Å². The van der Waals surface area contributed by atoms with E-state index in [9.17, 15) is 9.18 Å². The predicted octanol–water partition coefficient (Wildman–Crippen LogP) is 3.60. The topological polar surface area (TPSA) is 29.5 Å². The highest BCUT2D eigenvalue weighted by atomic mass is 19.1. The summed E-state index contributed by atoms with van der Waals surface area (Å²) in [4.78, 5) is 14.6. The van der Waals surface area contributed by atoms with E-state index < -0.39 is 5.60 Å². The second-order valence-corrected chi connectivity index (χ2v) is 7.10. The number of fused-ring (bicyclic) bond motifs is 3. The second-order valence-electron chi connectivity index (χ2n) is 7.10. The summed E-state index contributed by atoms with van der Waals surface area (Å²) >= 11 is 0. The Hall–Kier alpha value is -2.38. The summed E-state index contributed by atoms with van der Waals surface area (Å²) in [6.07, 6.45) is 7.83. The quantitative estimate of drug-likeness (QED) is 0.572. The Kier molecular flexibility index (Phi) is 4.42. The lowest BCUT2D eigenvalue weighted by molar-refractivity contribution is -0.153. The van der Waals surface area contributed by atoms with Gasteiger partial charge in [-0.05, 0) is 50.1 Å². The molecule has 1 fully saturated rings. The van der Waals surface area contributed by atoms with E-state index in [0.717, 1.165) is 49.1 Å². The van der Waals surface area contributed by atoms with Crippen LogP contribution in [-0.4, -0.2) is 35.6 Å². The lowest BCUT2D eigenvalue weighted by Crippen LogP contribution is -2.55. The molecule has 134 valence electrons. The molecule has 0 radical (unpaired) electrons. The maximum atomic E-state index is 13.1. The van der Waals surface area contributed by atoms with Gasteiger partial charge >= 0.3 is 5.97 Å². The van der Waals surface area contributed by atoms with Crippen LogP contribution in [0.2, 0.25) is 0 Å². The van der Waals surface area contributed by atoms with E-state index in [1.807, 2.05) is 0 Å². The smallest absolute Gasteiger partial charge is 0.332 e. The normalized spacial score (nSPS) is 27.9. The Labute approximate surface area is 153 Å². The largest absolute Gasteiger partial charge is 0.449 e. The molecule has 3 heterocycles. The number of ether oxygens (including phenoxy) is 1. The van der Waals surface area contributed by atoms with Crippen molar-refractivity contribution >= 4 is 5.97 Å². The fourth-order valence-corrected chi connectivity index (χ4v) is 4.40. The van der Waals surface area contributed by atoms with Gasteiger partial charge in [-0.1, -0.05) is 31.3 Å². The van der Waals surface area contributed by atoms with Crippen LogP contribution >= 0.6 is 0 Å². The minimum Gasteiger partial charge on any atom is -0.449 e. The Morgan fingerprint density at radius 3 is 2.85 bits per heavy atom. The zero-order valence-electron chi connectivity index (χ0n) is 14.9. The van der Waals surface area contributed by atoms with Crippen LogP contribution < -0.4 is 0 Å². The number of halogens is 1.